The zero-order valence-electron chi connectivity index (χ0n) is 5.59. The lowest BCUT2D eigenvalue weighted by atomic mass is 10.3. The number of hydrogen-bond acceptors (Lipinski definition) is 3. The first-order valence-corrected chi connectivity index (χ1v) is 2.86. The van der Waals surface area contributed by atoms with E-state index in [1.165, 1.54) is 18.4 Å². The van der Waals surface area contributed by atoms with Crippen molar-refractivity contribution < 1.29 is 9.23 Å². The predicted octanol–water partition coefficient (Wildman–Crippen LogP) is 0.593. The Balaban J connectivity index is 3.49. The van der Waals surface area contributed by atoms with Gasteiger partial charge in [-0.3, -0.25) is 0 Å². The number of halogens is 1. The van der Waals surface area contributed by atoms with Gasteiger partial charge in [-0.05, 0) is 18.4 Å². The van der Waals surface area contributed by atoms with E-state index in [9.17, 15) is 4.39 Å². The minimum absolute atomic E-state index is 0.181. The molecule has 0 atom stereocenters. The summed E-state index contributed by atoms with van der Waals surface area (Å²) in [5.41, 5.74) is 4.96. The molecular formula is C6H11FN2O. The summed E-state index contributed by atoms with van der Waals surface area (Å²) in [6.07, 6.45) is 4.11. The number of rotatable bonds is 4. The van der Waals surface area contributed by atoms with Gasteiger partial charge in [0.25, 0.3) is 0 Å². The van der Waals surface area contributed by atoms with E-state index in [2.05, 4.69) is 10.7 Å². The van der Waals surface area contributed by atoms with E-state index in [4.69, 9.17) is 5.73 Å². The smallest absolute Gasteiger partial charge is 0.102 e. The highest BCUT2D eigenvalue weighted by atomic mass is 19.1. The summed E-state index contributed by atoms with van der Waals surface area (Å²) in [5, 5.41) is 0. The lowest BCUT2D eigenvalue weighted by Crippen LogP contribution is -2.00. The number of nitrogens with two attached hydrogens (primary N) is 2. The lowest BCUT2D eigenvalue weighted by Gasteiger charge is -1.92. The van der Waals surface area contributed by atoms with E-state index in [1.54, 1.807) is 0 Å². The van der Waals surface area contributed by atoms with E-state index in [0.29, 0.717) is 0 Å². The standard InChI is InChI=1S/C6H11FN2O/c7-6(2-1-4-8)3-5-10-9/h1-2,4H,3,5,8-9H2/b4-1-,6-2+. The second-order valence-corrected chi connectivity index (χ2v) is 1.62. The summed E-state index contributed by atoms with van der Waals surface area (Å²) in [6.45, 7) is 0.181. The average Bonchev–Trinajstić information content (AvgIpc) is 1.97. The van der Waals surface area contributed by atoms with Crippen LogP contribution in [0.5, 0.6) is 0 Å². The third kappa shape index (κ3) is 5.27. The van der Waals surface area contributed by atoms with Crippen molar-refractivity contribution in [1.82, 2.24) is 0 Å². The molecule has 10 heavy (non-hydrogen) atoms. The third-order valence-electron chi connectivity index (χ3n) is 0.847. The maximum Gasteiger partial charge on any atom is 0.102 e. The fourth-order valence-electron chi connectivity index (χ4n) is 0.400. The van der Waals surface area contributed by atoms with Crippen LogP contribution in [0.25, 0.3) is 0 Å². The highest BCUT2D eigenvalue weighted by Crippen LogP contribution is 2.01. The SMILES string of the molecule is N/C=C\C=C(\F)CCON. The van der Waals surface area contributed by atoms with Crippen LogP contribution in [0.1, 0.15) is 6.42 Å². The van der Waals surface area contributed by atoms with Crippen molar-refractivity contribution in [2.75, 3.05) is 6.61 Å². The van der Waals surface area contributed by atoms with Gasteiger partial charge in [0.2, 0.25) is 0 Å². The van der Waals surface area contributed by atoms with Crippen LogP contribution in [0.2, 0.25) is 0 Å². The molecule has 0 heterocycles. The van der Waals surface area contributed by atoms with Gasteiger partial charge < -0.3 is 10.6 Å². The Kier molecular flexibility index (Phi) is 5.71. The van der Waals surface area contributed by atoms with E-state index < -0.39 is 0 Å². The van der Waals surface area contributed by atoms with Crippen molar-refractivity contribution in [2.45, 2.75) is 6.42 Å². The van der Waals surface area contributed by atoms with Crippen molar-refractivity contribution >= 4 is 0 Å². The van der Waals surface area contributed by atoms with Gasteiger partial charge in [-0.2, -0.15) is 0 Å². The van der Waals surface area contributed by atoms with E-state index >= 15 is 0 Å². The van der Waals surface area contributed by atoms with E-state index in [1.807, 2.05) is 0 Å². The molecule has 0 aromatic rings. The van der Waals surface area contributed by atoms with Gasteiger partial charge in [-0.1, -0.05) is 0 Å². The molecule has 4 heteroatoms. The lowest BCUT2D eigenvalue weighted by molar-refractivity contribution is 0.137. The summed E-state index contributed by atoms with van der Waals surface area (Å²) in [6, 6.07) is 0. The van der Waals surface area contributed by atoms with Gasteiger partial charge >= 0.3 is 0 Å². The monoisotopic (exact) mass is 146 g/mol. The molecule has 0 radical (unpaired) electrons. The normalized spacial score (nSPS) is 12.8. The molecule has 0 saturated heterocycles. The van der Waals surface area contributed by atoms with Crippen LogP contribution in [0.15, 0.2) is 24.2 Å². The quantitative estimate of drug-likeness (QED) is 0.450. The Labute approximate surface area is 59.1 Å². The van der Waals surface area contributed by atoms with Gasteiger partial charge in [-0.25, -0.2) is 10.3 Å². The molecule has 0 unspecified atom stereocenters. The van der Waals surface area contributed by atoms with Gasteiger partial charge in [0.1, 0.15) is 5.83 Å². The summed E-state index contributed by atoms with van der Waals surface area (Å²) in [5.74, 6) is 4.37. The van der Waals surface area contributed by atoms with Crippen LogP contribution in [-0.2, 0) is 4.84 Å². The zero-order chi connectivity index (χ0) is 7.82. The van der Waals surface area contributed by atoms with E-state index in [0.717, 1.165) is 0 Å². The Bertz CT molecular complexity index is 134. The highest BCUT2D eigenvalue weighted by molar-refractivity contribution is 5.05. The largest absolute Gasteiger partial charge is 0.405 e. The maximum absolute atomic E-state index is 12.4. The molecule has 0 bridgehead atoms. The first-order chi connectivity index (χ1) is 4.81. The minimum atomic E-state index is -0.299. The first kappa shape index (κ1) is 9.13. The Hall–Kier alpha value is -0.870. The predicted molar refractivity (Wildman–Crippen MR) is 37.3 cm³/mol. The molecule has 0 aliphatic heterocycles. The van der Waals surface area contributed by atoms with Gasteiger partial charge in [0.05, 0.1) is 6.61 Å². The molecule has 3 nitrogen and oxygen atoms in total. The molecular weight excluding hydrogens is 135 g/mol. The number of hydrogen-bond donors (Lipinski definition) is 2. The van der Waals surface area contributed by atoms with E-state index in [-0.39, 0.29) is 18.9 Å². The molecule has 0 aliphatic rings. The highest BCUT2D eigenvalue weighted by Gasteiger charge is 1.90. The summed E-state index contributed by atoms with van der Waals surface area (Å²) in [4.78, 5) is 4.16. The average molecular weight is 146 g/mol. The molecule has 0 aromatic carbocycles. The second kappa shape index (κ2) is 6.25. The van der Waals surface area contributed by atoms with Gasteiger partial charge in [-0.15, -0.1) is 0 Å². The molecule has 0 aromatic heterocycles. The van der Waals surface area contributed by atoms with Gasteiger partial charge in [0.15, 0.2) is 0 Å². The van der Waals surface area contributed by atoms with Crippen LogP contribution in [0.3, 0.4) is 0 Å². The Morgan fingerprint density at radius 1 is 1.60 bits per heavy atom. The van der Waals surface area contributed by atoms with Crippen LogP contribution in [0.4, 0.5) is 4.39 Å². The maximum atomic E-state index is 12.4. The number of allylic oxidation sites excluding steroid dienone is 2. The van der Waals surface area contributed by atoms with Crippen LogP contribution >= 0.6 is 0 Å². The fraction of sp³-hybridized carbons (Fsp3) is 0.333. The van der Waals surface area contributed by atoms with Crippen molar-refractivity contribution in [3.8, 4) is 0 Å². The molecule has 0 saturated carbocycles. The molecule has 0 amide bonds. The summed E-state index contributed by atoms with van der Waals surface area (Å²) in [7, 11) is 0. The molecule has 58 valence electrons. The topological polar surface area (TPSA) is 61.3 Å². The van der Waals surface area contributed by atoms with Crippen LogP contribution in [0, 0.1) is 0 Å². The fourth-order valence-corrected chi connectivity index (χ4v) is 0.400. The first-order valence-electron chi connectivity index (χ1n) is 2.86. The van der Waals surface area contributed by atoms with Crippen LogP contribution in [-0.4, -0.2) is 6.61 Å². The van der Waals surface area contributed by atoms with Crippen molar-refractivity contribution in [2.24, 2.45) is 11.6 Å². The second-order valence-electron chi connectivity index (χ2n) is 1.62. The van der Waals surface area contributed by atoms with Crippen molar-refractivity contribution in [3.63, 3.8) is 0 Å². The van der Waals surface area contributed by atoms with Crippen molar-refractivity contribution in [3.05, 3.63) is 24.2 Å². The molecule has 0 fully saturated rings. The molecule has 0 aliphatic carbocycles. The Morgan fingerprint density at radius 2 is 2.30 bits per heavy atom. The summed E-state index contributed by atoms with van der Waals surface area (Å²) >= 11 is 0. The Morgan fingerprint density at radius 3 is 2.80 bits per heavy atom. The van der Waals surface area contributed by atoms with Crippen LogP contribution < -0.4 is 11.6 Å². The molecule has 0 spiro atoms. The minimum Gasteiger partial charge on any atom is -0.405 e. The third-order valence-corrected chi connectivity index (χ3v) is 0.847. The summed E-state index contributed by atoms with van der Waals surface area (Å²) < 4.78 is 12.4. The van der Waals surface area contributed by atoms with Gasteiger partial charge in [0, 0.05) is 6.42 Å². The van der Waals surface area contributed by atoms with Crippen molar-refractivity contribution in [1.29, 1.82) is 0 Å². The molecule has 0 rings (SSSR count). The zero-order valence-corrected chi connectivity index (χ0v) is 5.59. The molecule has 4 N–H and O–H groups in total.